The van der Waals surface area contributed by atoms with Gasteiger partial charge < -0.3 is 20.0 Å². The molecule has 1 aromatic rings. The Kier molecular flexibility index (Phi) is 6.64. The van der Waals surface area contributed by atoms with Crippen LogP contribution in [0.25, 0.3) is 0 Å². The van der Waals surface area contributed by atoms with E-state index in [0.717, 1.165) is 70.3 Å². The SMILES string of the molecule is CCN1CCN(c2ccc(N[C@@H](C)C(=O)N3CCC(C)CC3)c(C)c2)CC1. The largest absolute Gasteiger partial charge is 0.374 e. The third kappa shape index (κ3) is 4.95. The number of benzene rings is 1. The first-order valence-electron chi connectivity index (χ1n) is 10.6. The number of aryl methyl sites for hydroxylation is 1. The van der Waals surface area contributed by atoms with Crippen molar-refractivity contribution in [3.05, 3.63) is 23.8 Å². The first-order chi connectivity index (χ1) is 13.0. The first kappa shape index (κ1) is 20.0. The lowest BCUT2D eigenvalue weighted by atomic mass is 9.99. The highest BCUT2D eigenvalue weighted by Crippen LogP contribution is 2.25. The number of rotatable bonds is 5. The number of carbonyl (C=O) groups excluding carboxylic acids is 1. The summed E-state index contributed by atoms with van der Waals surface area (Å²) in [5, 5.41) is 3.45. The van der Waals surface area contributed by atoms with Gasteiger partial charge in [0, 0.05) is 50.6 Å². The average Bonchev–Trinajstić information content (AvgIpc) is 2.69. The molecule has 5 nitrogen and oxygen atoms in total. The molecule has 0 unspecified atom stereocenters. The van der Waals surface area contributed by atoms with Gasteiger partial charge in [0.2, 0.25) is 5.91 Å². The number of likely N-dealkylation sites (tertiary alicyclic amines) is 1. The van der Waals surface area contributed by atoms with Crippen LogP contribution < -0.4 is 10.2 Å². The van der Waals surface area contributed by atoms with E-state index in [1.807, 2.05) is 11.8 Å². The Morgan fingerprint density at radius 2 is 1.81 bits per heavy atom. The van der Waals surface area contributed by atoms with Gasteiger partial charge in [-0.05, 0) is 62.9 Å². The van der Waals surface area contributed by atoms with Crippen molar-refractivity contribution >= 4 is 17.3 Å². The maximum atomic E-state index is 12.7. The van der Waals surface area contributed by atoms with Crippen LogP contribution >= 0.6 is 0 Å². The summed E-state index contributed by atoms with van der Waals surface area (Å²) in [7, 11) is 0. The second-order valence-electron chi connectivity index (χ2n) is 8.29. The van der Waals surface area contributed by atoms with E-state index in [-0.39, 0.29) is 11.9 Å². The van der Waals surface area contributed by atoms with Crippen LogP contribution in [0.2, 0.25) is 0 Å². The molecule has 2 fully saturated rings. The quantitative estimate of drug-likeness (QED) is 0.862. The number of nitrogens with one attached hydrogen (secondary N) is 1. The number of nitrogens with zero attached hydrogens (tertiary/aromatic N) is 3. The van der Waals surface area contributed by atoms with E-state index in [2.05, 4.69) is 54.1 Å². The Morgan fingerprint density at radius 1 is 1.15 bits per heavy atom. The van der Waals surface area contributed by atoms with Crippen molar-refractivity contribution in [1.29, 1.82) is 0 Å². The van der Waals surface area contributed by atoms with Crippen LogP contribution in [0.5, 0.6) is 0 Å². The zero-order valence-electron chi connectivity index (χ0n) is 17.5. The smallest absolute Gasteiger partial charge is 0.244 e. The predicted molar refractivity (Wildman–Crippen MR) is 114 cm³/mol. The van der Waals surface area contributed by atoms with E-state index in [1.54, 1.807) is 0 Å². The molecule has 2 aliphatic rings. The number of hydrogen-bond donors (Lipinski definition) is 1. The predicted octanol–water partition coefficient (Wildman–Crippen LogP) is 3.20. The van der Waals surface area contributed by atoms with Gasteiger partial charge in [-0.25, -0.2) is 0 Å². The molecule has 0 saturated carbocycles. The van der Waals surface area contributed by atoms with Crippen LogP contribution in [0.15, 0.2) is 18.2 Å². The van der Waals surface area contributed by atoms with Gasteiger partial charge in [0.25, 0.3) is 0 Å². The number of piperazine rings is 1. The highest BCUT2D eigenvalue weighted by Gasteiger charge is 2.24. The summed E-state index contributed by atoms with van der Waals surface area (Å²) in [5.74, 6) is 0.965. The molecule has 3 rings (SSSR count). The number of piperidine rings is 1. The van der Waals surface area contributed by atoms with Crippen molar-refractivity contribution in [3.8, 4) is 0 Å². The van der Waals surface area contributed by atoms with Crippen LogP contribution in [0.4, 0.5) is 11.4 Å². The fourth-order valence-corrected chi connectivity index (χ4v) is 4.13. The highest BCUT2D eigenvalue weighted by atomic mass is 16.2. The average molecular weight is 373 g/mol. The number of anilines is 2. The summed E-state index contributed by atoms with van der Waals surface area (Å²) in [6.07, 6.45) is 2.24. The van der Waals surface area contributed by atoms with Gasteiger partial charge >= 0.3 is 0 Å². The van der Waals surface area contributed by atoms with Gasteiger partial charge in [-0.15, -0.1) is 0 Å². The third-order valence-electron chi connectivity index (χ3n) is 6.23. The lowest BCUT2D eigenvalue weighted by Crippen LogP contribution is -2.46. The minimum atomic E-state index is -0.184. The molecule has 5 heteroatoms. The van der Waals surface area contributed by atoms with Crippen molar-refractivity contribution in [2.24, 2.45) is 5.92 Å². The molecule has 0 aliphatic carbocycles. The van der Waals surface area contributed by atoms with Crippen LogP contribution in [0.1, 0.15) is 39.2 Å². The van der Waals surface area contributed by atoms with Crippen molar-refractivity contribution < 1.29 is 4.79 Å². The molecule has 0 aromatic heterocycles. The molecule has 1 N–H and O–H groups in total. The summed E-state index contributed by atoms with van der Waals surface area (Å²) in [5.41, 5.74) is 3.56. The molecular weight excluding hydrogens is 336 g/mol. The highest BCUT2D eigenvalue weighted by molar-refractivity contribution is 5.84. The van der Waals surface area contributed by atoms with Gasteiger partial charge in [-0.2, -0.15) is 0 Å². The normalized spacial score (nSPS) is 20.6. The Labute approximate surface area is 164 Å². The lowest BCUT2D eigenvalue weighted by molar-refractivity contribution is -0.132. The Hall–Kier alpha value is -1.75. The maximum Gasteiger partial charge on any atom is 0.244 e. The molecule has 1 amide bonds. The second-order valence-corrected chi connectivity index (χ2v) is 8.29. The number of carbonyl (C=O) groups is 1. The molecule has 0 radical (unpaired) electrons. The van der Waals surface area contributed by atoms with E-state index >= 15 is 0 Å². The summed E-state index contributed by atoms with van der Waals surface area (Å²) in [6, 6.07) is 6.40. The van der Waals surface area contributed by atoms with Crippen LogP contribution in [0, 0.1) is 12.8 Å². The van der Waals surface area contributed by atoms with Crippen molar-refractivity contribution in [1.82, 2.24) is 9.80 Å². The van der Waals surface area contributed by atoms with Gasteiger partial charge in [-0.3, -0.25) is 4.79 Å². The minimum Gasteiger partial charge on any atom is -0.374 e. The second kappa shape index (κ2) is 8.96. The fraction of sp³-hybridized carbons (Fsp3) is 0.682. The zero-order chi connectivity index (χ0) is 19.4. The molecule has 1 atom stereocenters. The van der Waals surface area contributed by atoms with Crippen molar-refractivity contribution in [2.45, 2.75) is 46.6 Å². The van der Waals surface area contributed by atoms with Gasteiger partial charge in [0.15, 0.2) is 0 Å². The topological polar surface area (TPSA) is 38.8 Å². The minimum absolute atomic E-state index is 0.184. The number of amides is 1. The van der Waals surface area contributed by atoms with Gasteiger partial charge in [-0.1, -0.05) is 13.8 Å². The number of hydrogen-bond acceptors (Lipinski definition) is 4. The van der Waals surface area contributed by atoms with E-state index in [9.17, 15) is 4.79 Å². The third-order valence-corrected chi connectivity index (χ3v) is 6.23. The Bertz CT molecular complexity index is 631. The monoisotopic (exact) mass is 372 g/mol. The Balaban J connectivity index is 1.58. The van der Waals surface area contributed by atoms with Crippen LogP contribution in [-0.4, -0.2) is 67.6 Å². The molecular formula is C22H36N4O. The van der Waals surface area contributed by atoms with E-state index in [4.69, 9.17) is 0 Å². The van der Waals surface area contributed by atoms with Gasteiger partial charge in [0.1, 0.15) is 6.04 Å². The summed E-state index contributed by atoms with van der Waals surface area (Å²) in [6.45, 7) is 16.0. The van der Waals surface area contributed by atoms with Crippen molar-refractivity contribution in [3.63, 3.8) is 0 Å². The standard InChI is InChI=1S/C22H36N4O/c1-5-24-12-14-25(15-13-24)20-6-7-21(18(3)16-20)23-19(4)22(27)26-10-8-17(2)9-11-26/h6-7,16-17,19,23H,5,8-15H2,1-4H3/t19-/m0/s1. The molecule has 0 bridgehead atoms. The fourth-order valence-electron chi connectivity index (χ4n) is 4.13. The lowest BCUT2D eigenvalue weighted by Gasteiger charge is -2.36. The van der Waals surface area contributed by atoms with Gasteiger partial charge in [0.05, 0.1) is 0 Å². The van der Waals surface area contributed by atoms with Crippen LogP contribution in [-0.2, 0) is 4.79 Å². The molecule has 2 aliphatic heterocycles. The Morgan fingerprint density at radius 3 is 2.41 bits per heavy atom. The van der Waals surface area contributed by atoms with E-state index in [0.29, 0.717) is 0 Å². The summed E-state index contributed by atoms with van der Waals surface area (Å²) < 4.78 is 0. The van der Waals surface area contributed by atoms with E-state index < -0.39 is 0 Å². The summed E-state index contributed by atoms with van der Waals surface area (Å²) in [4.78, 5) is 19.7. The van der Waals surface area contributed by atoms with E-state index in [1.165, 1.54) is 11.3 Å². The zero-order valence-corrected chi connectivity index (χ0v) is 17.5. The molecule has 0 spiro atoms. The van der Waals surface area contributed by atoms with Crippen molar-refractivity contribution in [2.75, 3.05) is 56.0 Å². The summed E-state index contributed by atoms with van der Waals surface area (Å²) >= 11 is 0. The number of likely N-dealkylation sites (N-methyl/N-ethyl adjacent to an activating group) is 1. The molecule has 2 heterocycles. The first-order valence-corrected chi connectivity index (χ1v) is 10.6. The molecule has 2 saturated heterocycles. The van der Waals surface area contributed by atoms with Crippen LogP contribution in [0.3, 0.4) is 0 Å². The molecule has 27 heavy (non-hydrogen) atoms. The maximum absolute atomic E-state index is 12.7. The molecule has 150 valence electrons. The molecule has 1 aromatic carbocycles.